The number of rotatable bonds is 5. The van der Waals surface area contributed by atoms with Gasteiger partial charge in [-0.2, -0.15) is 5.10 Å². The van der Waals surface area contributed by atoms with Crippen molar-refractivity contribution in [1.82, 2.24) is 10.2 Å². The molecule has 2 aromatic carbocycles. The first-order valence-electron chi connectivity index (χ1n) is 9.28. The predicted octanol–water partition coefficient (Wildman–Crippen LogP) is 5.40. The normalized spacial score (nSPS) is 11.8. The van der Waals surface area contributed by atoms with E-state index in [0.29, 0.717) is 5.75 Å². The summed E-state index contributed by atoms with van der Waals surface area (Å²) in [4.78, 5) is 2.56. The standard InChI is InChI=1S/C23H20N2O3S/c1-26-15-6-4-13(5-7-15)16-9-19(27-2)20(28-3)10-17(16)22-11-18-21(29-22)8-14-12-24-25-23(14)18/h4-7,9-12H,8H2,1-3H3,(H,24,25). The van der Waals surface area contributed by atoms with Gasteiger partial charge in [0.25, 0.3) is 0 Å². The van der Waals surface area contributed by atoms with Crippen molar-refractivity contribution in [2.24, 2.45) is 0 Å². The molecule has 0 radical (unpaired) electrons. The second kappa shape index (κ2) is 6.97. The minimum Gasteiger partial charge on any atom is -0.497 e. The van der Waals surface area contributed by atoms with E-state index >= 15 is 0 Å². The second-order valence-corrected chi connectivity index (χ2v) is 8.01. The average Bonchev–Trinajstić information content (AvgIpc) is 3.45. The van der Waals surface area contributed by atoms with Crippen LogP contribution in [-0.2, 0) is 6.42 Å². The molecule has 0 saturated carbocycles. The Morgan fingerprint density at radius 3 is 2.28 bits per heavy atom. The molecule has 29 heavy (non-hydrogen) atoms. The van der Waals surface area contributed by atoms with Crippen LogP contribution in [-0.4, -0.2) is 31.5 Å². The van der Waals surface area contributed by atoms with Gasteiger partial charge >= 0.3 is 0 Å². The van der Waals surface area contributed by atoms with Gasteiger partial charge in [-0.1, -0.05) is 12.1 Å². The lowest BCUT2D eigenvalue weighted by atomic mass is 9.97. The Labute approximate surface area is 172 Å². The summed E-state index contributed by atoms with van der Waals surface area (Å²) in [5.74, 6) is 2.26. The van der Waals surface area contributed by atoms with Crippen LogP contribution in [0.25, 0.3) is 32.8 Å². The summed E-state index contributed by atoms with van der Waals surface area (Å²) in [6.07, 6.45) is 2.85. The summed E-state index contributed by atoms with van der Waals surface area (Å²) < 4.78 is 16.5. The molecule has 0 bridgehead atoms. The number of aromatic amines is 1. The molecule has 5 rings (SSSR count). The van der Waals surface area contributed by atoms with Crippen molar-refractivity contribution < 1.29 is 14.2 Å². The lowest BCUT2D eigenvalue weighted by Gasteiger charge is -2.15. The Morgan fingerprint density at radius 1 is 0.862 bits per heavy atom. The van der Waals surface area contributed by atoms with Gasteiger partial charge in [-0.05, 0) is 41.5 Å². The van der Waals surface area contributed by atoms with Crippen LogP contribution in [0.2, 0.25) is 0 Å². The number of fused-ring (bicyclic) bond motifs is 3. The topological polar surface area (TPSA) is 56.4 Å². The molecule has 0 unspecified atom stereocenters. The summed E-state index contributed by atoms with van der Waals surface area (Å²) in [6.45, 7) is 0. The molecule has 0 aliphatic heterocycles. The van der Waals surface area contributed by atoms with Gasteiger partial charge in [0.15, 0.2) is 11.5 Å². The Hall–Kier alpha value is -3.25. The smallest absolute Gasteiger partial charge is 0.161 e. The summed E-state index contributed by atoms with van der Waals surface area (Å²) >= 11 is 1.82. The maximum absolute atomic E-state index is 5.59. The quantitative estimate of drug-likeness (QED) is 0.426. The molecule has 0 amide bonds. The van der Waals surface area contributed by atoms with E-state index < -0.39 is 0 Å². The predicted molar refractivity (Wildman–Crippen MR) is 115 cm³/mol. The van der Waals surface area contributed by atoms with Crippen molar-refractivity contribution in [2.75, 3.05) is 21.3 Å². The fraction of sp³-hybridized carbons (Fsp3) is 0.174. The van der Waals surface area contributed by atoms with E-state index in [0.717, 1.165) is 40.3 Å². The zero-order chi connectivity index (χ0) is 20.0. The molecule has 1 N–H and O–H groups in total. The zero-order valence-corrected chi connectivity index (χ0v) is 17.2. The molecule has 2 heterocycles. The largest absolute Gasteiger partial charge is 0.497 e. The van der Waals surface area contributed by atoms with E-state index in [1.54, 1.807) is 21.3 Å². The second-order valence-electron chi connectivity index (χ2n) is 6.88. The van der Waals surface area contributed by atoms with Gasteiger partial charge in [-0.3, -0.25) is 5.10 Å². The van der Waals surface area contributed by atoms with Crippen molar-refractivity contribution in [3.05, 3.63) is 59.1 Å². The maximum atomic E-state index is 5.59. The molecule has 5 nitrogen and oxygen atoms in total. The molecular formula is C23H20N2O3S. The fourth-order valence-corrected chi connectivity index (χ4v) is 5.07. The van der Waals surface area contributed by atoms with Gasteiger partial charge in [0.2, 0.25) is 0 Å². The van der Waals surface area contributed by atoms with Gasteiger partial charge < -0.3 is 14.2 Å². The molecular weight excluding hydrogens is 384 g/mol. The monoisotopic (exact) mass is 404 g/mol. The van der Waals surface area contributed by atoms with Crippen LogP contribution < -0.4 is 14.2 Å². The number of nitrogens with zero attached hydrogens (tertiary/aromatic N) is 1. The number of hydrogen-bond donors (Lipinski definition) is 1. The highest BCUT2D eigenvalue weighted by atomic mass is 32.1. The van der Waals surface area contributed by atoms with Crippen molar-refractivity contribution in [3.8, 4) is 50.1 Å². The maximum Gasteiger partial charge on any atom is 0.161 e. The molecule has 2 aromatic heterocycles. The third-order valence-electron chi connectivity index (χ3n) is 5.34. The summed E-state index contributed by atoms with van der Waals surface area (Å²) in [5, 5.41) is 7.32. The van der Waals surface area contributed by atoms with E-state index in [1.807, 2.05) is 35.7 Å². The number of hydrogen-bond acceptors (Lipinski definition) is 5. The average molecular weight is 404 g/mol. The number of aromatic nitrogens is 2. The summed E-state index contributed by atoms with van der Waals surface area (Å²) in [6, 6.07) is 14.4. The molecule has 0 fully saturated rings. The van der Waals surface area contributed by atoms with Crippen molar-refractivity contribution in [3.63, 3.8) is 0 Å². The molecule has 1 aliphatic carbocycles. The SMILES string of the molecule is COc1ccc(-c2cc(OC)c(OC)cc2-c2cc3c(s2)Cc2cn[nH]c2-3)cc1. The van der Waals surface area contributed by atoms with Crippen molar-refractivity contribution in [1.29, 1.82) is 0 Å². The molecule has 6 heteroatoms. The van der Waals surface area contributed by atoms with Gasteiger partial charge in [-0.15, -0.1) is 11.3 Å². The Bertz CT molecular complexity index is 1190. The van der Waals surface area contributed by atoms with Crippen LogP contribution >= 0.6 is 11.3 Å². The number of H-pyrrole nitrogens is 1. The van der Waals surface area contributed by atoms with Gasteiger partial charge in [0.1, 0.15) is 5.75 Å². The van der Waals surface area contributed by atoms with Crippen LogP contribution in [0.15, 0.2) is 48.7 Å². The summed E-state index contributed by atoms with van der Waals surface area (Å²) in [7, 11) is 5.00. The molecule has 0 saturated heterocycles. The van der Waals surface area contributed by atoms with E-state index in [9.17, 15) is 0 Å². The molecule has 4 aromatic rings. The third kappa shape index (κ3) is 2.87. The van der Waals surface area contributed by atoms with Crippen LogP contribution in [0.1, 0.15) is 10.4 Å². The number of nitrogens with one attached hydrogen (secondary N) is 1. The molecule has 0 atom stereocenters. The molecule has 146 valence electrons. The minimum absolute atomic E-state index is 0.710. The molecule has 1 aliphatic rings. The highest BCUT2D eigenvalue weighted by molar-refractivity contribution is 7.16. The van der Waals surface area contributed by atoms with Crippen LogP contribution in [0.5, 0.6) is 17.2 Å². The zero-order valence-electron chi connectivity index (χ0n) is 16.4. The number of benzene rings is 2. The third-order valence-corrected chi connectivity index (χ3v) is 6.51. The van der Waals surface area contributed by atoms with Crippen LogP contribution in [0, 0.1) is 0 Å². The Balaban J connectivity index is 1.68. The number of methoxy groups -OCH3 is 3. The van der Waals surface area contributed by atoms with Crippen LogP contribution in [0.3, 0.4) is 0 Å². The van der Waals surface area contributed by atoms with Crippen LogP contribution in [0.4, 0.5) is 0 Å². The van der Waals surface area contributed by atoms with E-state index in [1.165, 1.54) is 20.9 Å². The highest BCUT2D eigenvalue weighted by Crippen LogP contribution is 2.48. The number of ether oxygens (including phenoxy) is 3. The first kappa shape index (κ1) is 17.8. The first-order chi connectivity index (χ1) is 14.2. The van der Waals surface area contributed by atoms with E-state index in [-0.39, 0.29) is 0 Å². The van der Waals surface area contributed by atoms with Crippen molar-refractivity contribution in [2.45, 2.75) is 6.42 Å². The van der Waals surface area contributed by atoms with E-state index in [4.69, 9.17) is 14.2 Å². The fourth-order valence-electron chi connectivity index (χ4n) is 3.85. The number of thiophene rings is 1. The minimum atomic E-state index is 0.710. The molecule has 0 spiro atoms. The Kier molecular flexibility index (Phi) is 4.28. The first-order valence-corrected chi connectivity index (χ1v) is 10.1. The summed E-state index contributed by atoms with van der Waals surface area (Å²) in [5.41, 5.74) is 6.95. The lowest BCUT2D eigenvalue weighted by Crippen LogP contribution is -1.93. The lowest BCUT2D eigenvalue weighted by molar-refractivity contribution is 0.355. The van der Waals surface area contributed by atoms with Crippen molar-refractivity contribution >= 4 is 11.3 Å². The highest BCUT2D eigenvalue weighted by Gasteiger charge is 2.25. The Morgan fingerprint density at radius 2 is 1.59 bits per heavy atom. The van der Waals surface area contributed by atoms with Gasteiger partial charge in [0.05, 0.1) is 33.2 Å². The van der Waals surface area contributed by atoms with E-state index in [2.05, 4.69) is 34.5 Å². The van der Waals surface area contributed by atoms with Gasteiger partial charge in [0, 0.05) is 32.9 Å². The van der Waals surface area contributed by atoms with Gasteiger partial charge in [-0.25, -0.2) is 0 Å².